The van der Waals surface area contributed by atoms with E-state index >= 15 is 0 Å². The third-order valence-electron chi connectivity index (χ3n) is 4.68. The highest BCUT2D eigenvalue weighted by Gasteiger charge is 2.27. The number of methoxy groups -OCH3 is 1. The lowest BCUT2D eigenvalue weighted by Crippen LogP contribution is -2.38. The molecule has 18 heavy (non-hydrogen) atoms. The van der Waals surface area contributed by atoms with Crippen LogP contribution in [0.4, 0.5) is 0 Å². The van der Waals surface area contributed by atoms with E-state index in [1.807, 2.05) is 7.11 Å². The van der Waals surface area contributed by atoms with Crippen molar-refractivity contribution in [3.8, 4) is 0 Å². The first-order valence-electron chi connectivity index (χ1n) is 7.72. The lowest BCUT2D eigenvalue weighted by molar-refractivity contribution is 0.106. The van der Waals surface area contributed by atoms with Crippen molar-refractivity contribution in [1.29, 1.82) is 0 Å². The van der Waals surface area contributed by atoms with Crippen molar-refractivity contribution in [3.05, 3.63) is 0 Å². The number of nitrogens with one attached hydrogen (secondary N) is 1. The number of hydrogen-bond acceptors (Lipinski definition) is 3. The Hall–Kier alpha value is -0.120. The Morgan fingerprint density at radius 2 is 1.89 bits per heavy atom. The Kier molecular flexibility index (Phi) is 5.46. The Morgan fingerprint density at radius 1 is 1.06 bits per heavy atom. The first-order valence-corrected chi connectivity index (χ1v) is 7.72. The monoisotopic (exact) mass is 254 g/mol. The third-order valence-corrected chi connectivity index (χ3v) is 4.68. The van der Waals surface area contributed by atoms with Crippen LogP contribution in [0.2, 0.25) is 0 Å². The molecule has 0 radical (unpaired) electrons. The van der Waals surface area contributed by atoms with Crippen LogP contribution in [0.3, 0.4) is 0 Å². The minimum absolute atomic E-state index is 0.500. The van der Waals surface area contributed by atoms with Crippen LogP contribution < -0.4 is 5.32 Å². The predicted octanol–water partition coefficient (Wildman–Crippen LogP) is 2.41. The highest BCUT2D eigenvalue weighted by Crippen LogP contribution is 2.23. The van der Waals surface area contributed by atoms with E-state index in [0.29, 0.717) is 18.2 Å². The maximum absolute atomic E-state index is 5.46. The summed E-state index contributed by atoms with van der Waals surface area (Å²) in [5.41, 5.74) is 0. The van der Waals surface area contributed by atoms with E-state index < -0.39 is 0 Å². The van der Waals surface area contributed by atoms with Gasteiger partial charge in [0, 0.05) is 25.2 Å². The second kappa shape index (κ2) is 6.88. The van der Waals surface area contributed by atoms with Crippen LogP contribution in [0, 0.1) is 0 Å². The molecule has 2 rings (SSSR count). The average Bonchev–Trinajstić information content (AvgIpc) is 2.66. The van der Waals surface area contributed by atoms with Gasteiger partial charge in [0.15, 0.2) is 0 Å². The van der Waals surface area contributed by atoms with Crippen molar-refractivity contribution < 1.29 is 4.74 Å². The van der Waals surface area contributed by atoms with Crippen LogP contribution in [0.1, 0.15) is 52.4 Å². The van der Waals surface area contributed by atoms with Gasteiger partial charge in [-0.15, -0.1) is 0 Å². The molecule has 3 heteroatoms. The van der Waals surface area contributed by atoms with Gasteiger partial charge >= 0.3 is 0 Å². The van der Waals surface area contributed by atoms with E-state index in [2.05, 4.69) is 24.1 Å². The van der Waals surface area contributed by atoms with Crippen molar-refractivity contribution in [2.45, 2.75) is 76.6 Å². The summed E-state index contributed by atoms with van der Waals surface area (Å²) in [4.78, 5) is 2.62. The van der Waals surface area contributed by atoms with Crippen LogP contribution in [0.5, 0.6) is 0 Å². The molecule has 0 bridgehead atoms. The topological polar surface area (TPSA) is 24.5 Å². The predicted molar refractivity (Wildman–Crippen MR) is 75.9 cm³/mol. The molecule has 0 aromatic heterocycles. The molecule has 1 heterocycles. The van der Waals surface area contributed by atoms with Gasteiger partial charge in [-0.05, 0) is 65.5 Å². The van der Waals surface area contributed by atoms with Gasteiger partial charge in [-0.1, -0.05) is 0 Å². The first kappa shape index (κ1) is 14.3. The fourth-order valence-electron chi connectivity index (χ4n) is 3.44. The highest BCUT2D eigenvalue weighted by molar-refractivity contribution is 4.85. The molecule has 1 saturated heterocycles. The van der Waals surface area contributed by atoms with Crippen LogP contribution in [-0.4, -0.2) is 49.3 Å². The van der Waals surface area contributed by atoms with E-state index in [1.54, 1.807) is 0 Å². The second-order valence-electron chi connectivity index (χ2n) is 6.29. The number of ether oxygens (including phenoxy) is 1. The van der Waals surface area contributed by atoms with Gasteiger partial charge in [0.05, 0.1) is 6.10 Å². The lowest BCUT2D eigenvalue weighted by Gasteiger charge is -2.25. The SMILES string of the molecule is COC1CCC(NC2CCCN(C(C)C)CC2)C1. The number of hydrogen-bond donors (Lipinski definition) is 1. The summed E-state index contributed by atoms with van der Waals surface area (Å²) in [6, 6.07) is 2.13. The fraction of sp³-hybridized carbons (Fsp3) is 1.00. The van der Waals surface area contributed by atoms with E-state index in [-0.39, 0.29) is 0 Å². The lowest BCUT2D eigenvalue weighted by atomic mass is 10.1. The maximum atomic E-state index is 5.46. The molecule has 1 N–H and O–H groups in total. The molecular formula is C15H30N2O. The molecule has 1 aliphatic heterocycles. The molecule has 3 unspecified atom stereocenters. The van der Waals surface area contributed by atoms with Gasteiger partial charge in [0.25, 0.3) is 0 Å². The molecule has 0 aromatic rings. The van der Waals surface area contributed by atoms with Crippen molar-refractivity contribution in [2.75, 3.05) is 20.2 Å². The number of rotatable bonds is 4. The quantitative estimate of drug-likeness (QED) is 0.834. The summed E-state index contributed by atoms with van der Waals surface area (Å²) < 4.78 is 5.46. The Balaban J connectivity index is 1.74. The molecule has 2 aliphatic rings. The first-order chi connectivity index (χ1) is 8.69. The molecule has 0 amide bonds. The van der Waals surface area contributed by atoms with Gasteiger partial charge in [-0.2, -0.15) is 0 Å². The van der Waals surface area contributed by atoms with E-state index in [0.717, 1.165) is 6.04 Å². The summed E-state index contributed by atoms with van der Waals surface area (Å²) in [5, 5.41) is 3.87. The standard InChI is InChI=1S/C15H30N2O/c1-12(2)17-9-4-5-13(8-10-17)16-14-6-7-15(11-14)18-3/h12-16H,4-11H2,1-3H3. The van der Waals surface area contributed by atoms with Crippen molar-refractivity contribution in [1.82, 2.24) is 10.2 Å². The van der Waals surface area contributed by atoms with E-state index in [1.165, 1.54) is 51.6 Å². The molecule has 3 nitrogen and oxygen atoms in total. The largest absolute Gasteiger partial charge is 0.381 e. The molecule has 2 fully saturated rings. The van der Waals surface area contributed by atoms with Crippen LogP contribution in [-0.2, 0) is 4.74 Å². The Labute approximate surface area is 112 Å². The zero-order valence-corrected chi connectivity index (χ0v) is 12.3. The zero-order valence-electron chi connectivity index (χ0n) is 12.3. The third kappa shape index (κ3) is 3.94. The Morgan fingerprint density at radius 3 is 2.56 bits per heavy atom. The summed E-state index contributed by atoms with van der Waals surface area (Å²) in [7, 11) is 1.85. The van der Waals surface area contributed by atoms with Crippen LogP contribution >= 0.6 is 0 Å². The van der Waals surface area contributed by atoms with E-state index in [9.17, 15) is 0 Å². The highest BCUT2D eigenvalue weighted by atomic mass is 16.5. The maximum Gasteiger partial charge on any atom is 0.0586 e. The van der Waals surface area contributed by atoms with Crippen molar-refractivity contribution >= 4 is 0 Å². The zero-order chi connectivity index (χ0) is 13.0. The van der Waals surface area contributed by atoms with Gasteiger partial charge < -0.3 is 15.0 Å². The normalized spacial score (nSPS) is 35.0. The smallest absolute Gasteiger partial charge is 0.0586 e. The molecule has 1 saturated carbocycles. The molecule has 106 valence electrons. The summed E-state index contributed by atoms with van der Waals surface area (Å²) in [5.74, 6) is 0. The molecule has 3 atom stereocenters. The summed E-state index contributed by atoms with van der Waals surface area (Å²) in [6.45, 7) is 7.17. The van der Waals surface area contributed by atoms with Gasteiger partial charge in [0.2, 0.25) is 0 Å². The van der Waals surface area contributed by atoms with Gasteiger partial charge in [-0.3, -0.25) is 0 Å². The van der Waals surface area contributed by atoms with E-state index in [4.69, 9.17) is 4.74 Å². The molecule has 0 aromatic carbocycles. The minimum atomic E-state index is 0.500. The van der Waals surface area contributed by atoms with Crippen molar-refractivity contribution in [3.63, 3.8) is 0 Å². The van der Waals surface area contributed by atoms with Crippen LogP contribution in [0.15, 0.2) is 0 Å². The summed E-state index contributed by atoms with van der Waals surface area (Å²) in [6.07, 6.45) is 8.24. The summed E-state index contributed by atoms with van der Waals surface area (Å²) >= 11 is 0. The second-order valence-corrected chi connectivity index (χ2v) is 6.29. The number of nitrogens with zero attached hydrogens (tertiary/aromatic N) is 1. The molecular weight excluding hydrogens is 224 g/mol. The minimum Gasteiger partial charge on any atom is -0.381 e. The van der Waals surface area contributed by atoms with Crippen LogP contribution in [0.25, 0.3) is 0 Å². The Bertz CT molecular complexity index is 245. The molecule has 1 aliphatic carbocycles. The molecule has 0 spiro atoms. The van der Waals surface area contributed by atoms with Gasteiger partial charge in [0.1, 0.15) is 0 Å². The average molecular weight is 254 g/mol. The number of likely N-dealkylation sites (tertiary alicyclic amines) is 1. The fourth-order valence-corrected chi connectivity index (χ4v) is 3.44. The van der Waals surface area contributed by atoms with Crippen molar-refractivity contribution in [2.24, 2.45) is 0 Å². The van der Waals surface area contributed by atoms with Gasteiger partial charge in [-0.25, -0.2) is 0 Å².